The number of rotatable bonds is 1. The van der Waals surface area contributed by atoms with Gasteiger partial charge in [-0.05, 0) is 62.6 Å². The van der Waals surface area contributed by atoms with Gasteiger partial charge in [-0.15, -0.1) is 0 Å². The second-order valence-corrected chi connectivity index (χ2v) is 5.72. The van der Waals surface area contributed by atoms with Crippen molar-refractivity contribution >= 4 is 55.2 Å². The van der Waals surface area contributed by atoms with Crippen LogP contribution in [0.4, 0.5) is 0 Å². The molecule has 1 unspecified atom stereocenters. The Bertz CT molecular complexity index is 455. The zero-order valence-electron chi connectivity index (χ0n) is 6.88. The van der Waals surface area contributed by atoms with Crippen molar-refractivity contribution in [2.24, 2.45) is 0 Å². The van der Waals surface area contributed by atoms with Crippen LogP contribution in [0.2, 0.25) is 0 Å². The molecule has 0 radical (unpaired) electrons. The molecular formula is C8H7BrIN2P. The predicted octanol–water partition coefficient (Wildman–Crippen LogP) is 3.90. The van der Waals surface area contributed by atoms with Gasteiger partial charge in [0.2, 0.25) is 0 Å². The lowest BCUT2D eigenvalue weighted by Crippen LogP contribution is -1.83. The first kappa shape index (κ1) is 9.87. The van der Waals surface area contributed by atoms with Crippen LogP contribution in [0.3, 0.4) is 0 Å². The van der Waals surface area contributed by atoms with Crippen molar-refractivity contribution in [3.8, 4) is 0 Å². The molecule has 0 saturated heterocycles. The van der Waals surface area contributed by atoms with E-state index in [1.165, 1.54) is 16.5 Å². The van der Waals surface area contributed by atoms with Crippen molar-refractivity contribution in [3.05, 3.63) is 28.4 Å². The van der Waals surface area contributed by atoms with Gasteiger partial charge in [-0.1, -0.05) is 0 Å². The molecule has 0 bridgehead atoms. The smallest absolute Gasteiger partial charge is 0.0871 e. The van der Waals surface area contributed by atoms with E-state index >= 15 is 0 Å². The van der Waals surface area contributed by atoms with Gasteiger partial charge >= 0.3 is 0 Å². The van der Waals surface area contributed by atoms with E-state index in [2.05, 4.69) is 62.1 Å². The molecule has 0 aliphatic heterocycles. The third-order valence-electron chi connectivity index (χ3n) is 1.84. The highest BCUT2D eigenvalue weighted by Gasteiger charge is 2.05. The maximum absolute atomic E-state index is 4.31. The number of hydrogen-bond donors (Lipinski definition) is 0. The Morgan fingerprint density at radius 1 is 1.54 bits per heavy atom. The average molecular weight is 369 g/mol. The van der Waals surface area contributed by atoms with Gasteiger partial charge in [-0.2, -0.15) is 5.10 Å². The minimum absolute atomic E-state index is 0.647. The monoisotopic (exact) mass is 368 g/mol. The molecule has 0 aliphatic rings. The number of aryl methyl sites for hydroxylation is 1. The minimum Gasteiger partial charge on any atom is -0.236 e. The number of hydrogen-bond acceptors (Lipinski definition) is 1. The van der Waals surface area contributed by atoms with Crippen LogP contribution in [-0.2, 0) is 0 Å². The Morgan fingerprint density at radius 2 is 2.31 bits per heavy atom. The van der Waals surface area contributed by atoms with Gasteiger partial charge < -0.3 is 0 Å². The molecule has 68 valence electrons. The molecule has 0 amide bonds. The second kappa shape index (κ2) is 3.83. The normalized spacial score (nSPS) is 11.9. The Labute approximate surface area is 99.5 Å². The van der Waals surface area contributed by atoms with E-state index in [9.17, 15) is 0 Å². The quantitative estimate of drug-likeness (QED) is 0.551. The van der Waals surface area contributed by atoms with Gasteiger partial charge in [0.25, 0.3) is 0 Å². The van der Waals surface area contributed by atoms with E-state index < -0.39 is 0 Å². The Hall–Kier alpha value is 0.330. The number of benzene rings is 1. The molecule has 1 atom stereocenters. The average Bonchev–Trinajstić information content (AvgIpc) is 2.47. The molecule has 0 fully saturated rings. The minimum atomic E-state index is 0.647. The van der Waals surface area contributed by atoms with Crippen molar-refractivity contribution in [2.75, 3.05) is 0 Å². The molecule has 0 aliphatic carbocycles. The van der Waals surface area contributed by atoms with Crippen LogP contribution < -0.4 is 0 Å². The third-order valence-corrected chi connectivity index (χ3v) is 4.32. The zero-order chi connectivity index (χ0) is 9.42. The zero-order valence-corrected chi connectivity index (χ0v) is 11.6. The standard InChI is InChI=1S/C8H7BrIN2P/c1-5-2-6-4-11-12(13-10)8(6)7(9)3-5/h2-4,13H,1H3. The molecule has 0 saturated carbocycles. The fourth-order valence-electron chi connectivity index (χ4n) is 1.33. The summed E-state index contributed by atoms with van der Waals surface area (Å²) in [5, 5.41) is 5.51. The van der Waals surface area contributed by atoms with Gasteiger partial charge in [-0.3, -0.25) is 0 Å². The van der Waals surface area contributed by atoms with Crippen LogP contribution >= 0.6 is 44.3 Å². The summed E-state index contributed by atoms with van der Waals surface area (Å²) in [7, 11) is 0. The van der Waals surface area contributed by atoms with Gasteiger partial charge in [-0.25, -0.2) is 4.45 Å². The van der Waals surface area contributed by atoms with Crippen molar-refractivity contribution < 1.29 is 0 Å². The van der Waals surface area contributed by atoms with E-state index in [0.717, 1.165) is 4.47 Å². The summed E-state index contributed by atoms with van der Waals surface area (Å²) in [6, 6.07) is 4.28. The summed E-state index contributed by atoms with van der Waals surface area (Å²) >= 11 is 5.89. The highest BCUT2D eigenvalue weighted by molar-refractivity contribution is 14.2. The summed E-state index contributed by atoms with van der Waals surface area (Å²) in [4.78, 5) is 0. The number of nitrogens with zero attached hydrogens (tertiary/aromatic N) is 2. The first-order chi connectivity index (χ1) is 6.22. The predicted molar refractivity (Wildman–Crippen MR) is 69.9 cm³/mol. The number of fused-ring (bicyclic) bond motifs is 1. The van der Waals surface area contributed by atoms with Crippen LogP contribution in [0, 0.1) is 6.92 Å². The topological polar surface area (TPSA) is 17.8 Å². The molecule has 2 rings (SSSR count). The van der Waals surface area contributed by atoms with Gasteiger partial charge in [0.15, 0.2) is 0 Å². The fourth-order valence-corrected chi connectivity index (χ4v) is 3.78. The number of aromatic nitrogens is 2. The second-order valence-electron chi connectivity index (χ2n) is 2.83. The third kappa shape index (κ3) is 1.76. The summed E-state index contributed by atoms with van der Waals surface area (Å²) < 4.78 is 3.14. The highest BCUT2D eigenvalue weighted by atomic mass is 127. The molecular weight excluding hydrogens is 362 g/mol. The van der Waals surface area contributed by atoms with E-state index in [1.54, 1.807) is 0 Å². The Balaban J connectivity index is 2.82. The van der Waals surface area contributed by atoms with Crippen molar-refractivity contribution in [1.82, 2.24) is 9.55 Å². The van der Waals surface area contributed by atoms with Crippen molar-refractivity contribution in [1.29, 1.82) is 0 Å². The molecule has 1 heterocycles. The van der Waals surface area contributed by atoms with Crippen LogP contribution in [0.25, 0.3) is 10.9 Å². The summed E-state index contributed by atoms with van der Waals surface area (Å²) in [6.07, 6.45) is 2.56. The summed E-state index contributed by atoms with van der Waals surface area (Å²) in [6.45, 7) is 2.09. The highest BCUT2D eigenvalue weighted by Crippen LogP contribution is 2.33. The maximum atomic E-state index is 4.31. The fraction of sp³-hybridized carbons (Fsp3) is 0.125. The lowest BCUT2D eigenvalue weighted by molar-refractivity contribution is 1.04. The largest absolute Gasteiger partial charge is 0.236 e. The molecule has 0 spiro atoms. The molecule has 0 N–H and O–H groups in total. The van der Waals surface area contributed by atoms with Crippen LogP contribution in [-0.4, -0.2) is 9.55 Å². The van der Waals surface area contributed by atoms with Crippen molar-refractivity contribution in [2.45, 2.75) is 6.92 Å². The number of halogens is 2. The van der Waals surface area contributed by atoms with Gasteiger partial charge in [0, 0.05) is 9.86 Å². The van der Waals surface area contributed by atoms with E-state index in [4.69, 9.17) is 0 Å². The summed E-state index contributed by atoms with van der Waals surface area (Å²) in [5.41, 5.74) is 2.45. The first-order valence-electron chi connectivity index (χ1n) is 3.73. The van der Waals surface area contributed by atoms with Crippen LogP contribution in [0.15, 0.2) is 22.8 Å². The summed E-state index contributed by atoms with van der Waals surface area (Å²) in [5.74, 6) is 0. The lowest BCUT2D eigenvalue weighted by atomic mass is 10.2. The van der Waals surface area contributed by atoms with E-state index in [-0.39, 0.29) is 0 Å². The SMILES string of the molecule is Cc1cc(Br)c2c(cnn2PI)c1. The molecule has 2 aromatic rings. The van der Waals surface area contributed by atoms with Crippen LogP contribution in [0.5, 0.6) is 0 Å². The Kier molecular flexibility index (Phi) is 2.91. The molecule has 5 heteroatoms. The Morgan fingerprint density at radius 3 is 3.00 bits per heavy atom. The van der Waals surface area contributed by atoms with Gasteiger partial charge in [0.05, 0.1) is 18.1 Å². The molecule has 13 heavy (non-hydrogen) atoms. The van der Waals surface area contributed by atoms with E-state index in [1.807, 2.05) is 10.6 Å². The molecule has 1 aromatic carbocycles. The first-order valence-corrected chi connectivity index (χ1v) is 8.58. The lowest BCUT2D eigenvalue weighted by Gasteiger charge is -2.00. The van der Waals surface area contributed by atoms with Crippen LogP contribution in [0.1, 0.15) is 5.56 Å². The van der Waals surface area contributed by atoms with E-state index in [0.29, 0.717) is 6.37 Å². The molecule has 1 aromatic heterocycles. The molecule has 2 nitrogen and oxygen atoms in total. The van der Waals surface area contributed by atoms with Gasteiger partial charge in [0.1, 0.15) is 0 Å². The van der Waals surface area contributed by atoms with Crippen molar-refractivity contribution in [3.63, 3.8) is 0 Å². The maximum Gasteiger partial charge on any atom is 0.0871 e.